The van der Waals surface area contributed by atoms with Crippen molar-refractivity contribution in [2.75, 3.05) is 25.1 Å². The van der Waals surface area contributed by atoms with Crippen LogP contribution >= 0.6 is 31.9 Å². The Morgan fingerprint density at radius 1 is 1.00 bits per heavy atom. The zero-order valence-electron chi connectivity index (χ0n) is 18.4. The third kappa shape index (κ3) is 4.64. The summed E-state index contributed by atoms with van der Waals surface area (Å²) in [5.74, 6) is -3.25. The maximum Gasteiger partial charge on any atom is 0.338 e. The van der Waals surface area contributed by atoms with Crippen LogP contribution in [0.4, 0.5) is 5.69 Å². The molecule has 3 fully saturated rings. The molecule has 9 nitrogen and oxygen atoms in total. The number of benzene rings is 1. The smallest absolute Gasteiger partial charge is 0.338 e. The van der Waals surface area contributed by atoms with Gasteiger partial charge in [0, 0.05) is 15.3 Å². The molecular formula is C23H24Br2N2O7. The first-order valence-corrected chi connectivity index (χ1v) is 12.9. The van der Waals surface area contributed by atoms with Crippen molar-refractivity contribution in [3.05, 3.63) is 29.8 Å². The SMILES string of the molecule is CCCOC(=O)c1ccc(NC(=O)COC(=O)CN2C(=O)[C@@H]3[C@H]4C[C@@H]([C@@H](Br)[C@H]4Br)[C@H]3C2=O)cc1. The van der Waals surface area contributed by atoms with Crippen LogP contribution in [0.25, 0.3) is 0 Å². The summed E-state index contributed by atoms with van der Waals surface area (Å²) in [5.41, 5.74) is 0.767. The highest BCUT2D eigenvalue weighted by atomic mass is 79.9. The average molecular weight is 600 g/mol. The molecule has 34 heavy (non-hydrogen) atoms. The van der Waals surface area contributed by atoms with Crippen LogP contribution in [0.2, 0.25) is 0 Å². The van der Waals surface area contributed by atoms with Crippen molar-refractivity contribution < 1.29 is 33.4 Å². The molecule has 1 saturated heterocycles. The lowest BCUT2D eigenvalue weighted by molar-refractivity contribution is -0.154. The van der Waals surface area contributed by atoms with Gasteiger partial charge in [-0.25, -0.2) is 4.79 Å². The van der Waals surface area contributed by atoms with E-state index in [0.717, 1.165) is 17.7 Å². The Labute approximate surface area is 213 Å². The molecule has 0 spiro atoms. The topological polar surface area (TPSA) is 119 Å². The minimum absolute atomic E-state index is 0.0579. The number of fused-ring (bicyclic) bond motifs is 5. The van der Waals surface area contributed by atoms with Crippen LogP contribution in [0.5, 0.6) is 0 Å². The summed E-state index contributed by atoms with van der Waals surface area (Å²) in [7, 11) is 0. The van der Waals surface area contributed by atoms with E-state index < -0.39 is 42.8 Å². The Bertz CT molecular complexity index is 983. The number of amides is 3. The van der Waals surface area contributed by atoms with Crippen LogP contribution < -0.4 is 5.32 Å². The van der Waals surface area contributed by atoms with E-state index in [1.807, 2.05) is 6.92 Å². The number of hydrogen-bond acceptors (Lipinski definition) is 7. The number of imide groups is 1. The Hall–Kier alpha value is -2.27. The fourth-order valence-corrected chi connectivity index (χ4v) is 6.93. The summed E-state index contributed by atoms with van der Waals surface area (Å²) >= 11 is 7.23. The molecule has 0 aromatic heterocycles. The largest absolute Gasteiger partial charge is 0.462 e. The number of nitrogens with one attached hydrogen (secondary N) is 1. The monoisotopic (exact) mass is 598 g/mol. The van der Waals surface area contributed by atoms with Crippen molar-refractivity contribution >= 4 is 67.2 Å². The molecule has 2 aliphatic carbocycles. The number of likely N-dealkylation sites (tertiary alicyclic amines) is 1. The number of esters is 2. The first-order valence-electron chi connectivity index (χ1n) is 11.1. The number of anilines is 1. The molecule has 0 unspecified atom stereocenters. The Morgan fingerprint density at radius 3 is 2.15 bits per heavy atom. The standard InChI is InChI=1S/C23H24Br2N2O7/c1-2-7-33-23(32)11-3-5-12(6-4-11)26-15(28)10-34-16(29)9-27-21(30)17-13-8-14(18(17)22(27)31)20(25)19(13)24/h3-6,13-14,17-20H,2,7-10H2,1H3,(H,26,28)/t13-,14-,17-,18-,19-,20+/m1/s1. The molecule has 1 aromatic carbocycles. The van der Waals surface area contributed by atoms with Gasteiger partial charge in [0.05, 0.1) is 24.0 Å². The van der Waals surface area contributed by atoms with Gasteiger partial charge in [0.25, 0.3) is 5.91 Å². The maximum atomic E-state index is 12.8. The van der Waals surface area contributed by atoms with Crippen LogP contribution in [-0.4, -0.2) is 64.0 Å². The fraction of sp³-hybridized carbons (Fsp3) is 0.522. The number of alkyl halides is 2. The molecule has 1 heterocycles. The fourth-order valence-electron chi connectivity index (χ4n) is 5.05. The maximum absolute atomic E-state index is 12.8. The summed E-state index contributed by atoms with van der Waals surface area (Å²) in [6, 6.07) is 6.10. The van der Waals surface area contributed by atoms with Gasteiger partial charge in [-0.05, 0) is 48.9 Å². The highest BCUT2D eigenvalue weighted by Crippen LogP contribution is 2.60. The molecule has 3 aliphatic rings. The second kappa shape index (κ2) is 10.2. The molecule has 3 amide bonds. The number of carbonyl (C=O) groups excluding carboxylic acids is 5. The third-order valence-electron chi connectivity index (χ3n) is 6.57. The van der Waals surface area contributed by atoms with Crippen molar-refractivity contribution in [2.24, 2.45) is 23.7 Å². The van der Waals surface area contributed by atoms with Crippen LogP contribution in [0.3, 0.4) is 0 Å². The van der Waals surface area contributed by atoms with Crippen molar-refractivity contribution in [1.29, 1.82) is 0 Å². The van der Waals surface area contributed by atoms with Gasteiger partial charge in [-0.3, -0.25) is 24.1 Å². The molecular weight excluding hydrogens is 576 g/mol. The first-order chi connectivity index (χ1) is 16.2. The van der Waals surface area contributed by atoms with E-state index in [0.29, 0.717) is 17.9 Å². The minimum atomic E-state index is -0.830. The highest BCUT2D eigenvalue weighted by molar-refractivity contribution is 9.12. The summed E-state index contributed by atoms with van der Waals surface area (Å²) in [6.45, 7) is 1.14. The number of halogens is 2. The molecule has 2 saturated carbocycles. The van der Waals surface area contributed by atoms with E-state index in [2.05, 4.69) is 37.2 Å². The summed E-state index contributed by atoms with van der Waals surface area (Å²) in [6.07, 6.45) is 1.52. The quantitative estimate of drug-likeness (QED) is 0.277. The minimum Gasteiger partial charge on any atom is -0.462 e. The van der Waals surface area contributed by atoms with Gasteiger partial charge in [0.1, 0.15) is 6.54 Å². The van der Waals surface area contributed by atoms with Gasteiger partial charge < -0.3 is 14.8 Å². The van der Waals surface area contributed by atoms with Gasteiger partial charge in [-0.15, -0.1) is 0 Å². The van der Waals surface area contributed by atoms with E-state index >= 15 is 0 Å². The third-order valence-corrected chi connectivity index (χ3v) is 9.78. The molecule has 4 rings (SSSR count). The molecule has 6 atom stereocenters. The lowest BCUT2D eigenvalue weighted by Gasteiger charge is -2.28. The van der Waals surface area contributed by atoms with E-state index in [4.69, 9.17) is 9.47 Å². The van der Waals surface area contributed by atoms with Crippen molar-refractivity contribution in [3.63, 3.8) is 0 Å². The summed E-state index contributed by atoms with van der Waals surface area (Å²) in [5, 5.41) is 2.55. The van der Waals surface area contributed by atoms with E-state index in [-0.39, 0.29) is 33.3 Å². The van der Waals surface area contributed by atoms with Crippen molar-refractivity contribution in [1.82, 2.24) is 4.90 Å². The second-order valence-corrected chi connectivity index (χ2v) is 10.8. The van der Waals surface area contributed by atoms with Gasteiger partial charge in [-0.1, -0.05) is 38.8 Å². The number of hydrogen-bond donors (Lipinski definition) is 1. The highest BCUT2D eigenvalue weighted by Gasteiger charge is 2.66. The Balaban J connectivity index is 1.25. The van der Waals surface area contributed by atoms with Gasteiger partial charge in [-0.2, -0.15) is 0 Å². The molecule has 182 valence electrons. The normalized spacial score (nSPS) is 29.2. The number of carbonyl (C=O) groups is 5. The molecule has 11 heteroatoms. The van der Waals surface area contributed by atoms with Gasteiger partial charge in [0.2, 0.25) is 11.8 Å². The Morgan fingerprint density at radius 2 is 1.59 bits per heavy atom. The zero-order chi connectivity index (χ0) is 24.6. The van der Waals surface area contributed by atoms with Gasteiger partial charge >= 0.3 is 11.9 Å². The lowest BCUT2D eigenvalue weighted by atomic mass is 9.81. The lowest BCUT2D eigenvalue weighted by Crippen LogP contribution is -2.38. The molecule has 2 bridgehead atoms. The van der Waals surface area contributed by atoms with Crippen molar-refractivity contribution in [3.8, 4) is 0 Å². The number of nitrogens with zero attached hydrogens (tertiary/aromatic N) is 1. The number of rotatable bonds is 8. The Kier molecular flexibility index (Phi) is 7.42. The first kappa shape index (κ1) is 24.8. The molecule has 1 aromatic rings. The van der Waals surface area contributed by atoms with Crippen LogP contribution in [0, 0.1) is 23.7 Å². The predicted molar refractivity (Wildman–Crippen MR) is 127 cm³/mol. The van der Waals surface area contributed by atoms with E-state index in [9.17, 15) is 24.0 Å². The summed E-state index contributed by atoms with van der Waals surface area (Å²) < 4.78 is 10.0. The van der Waals surface area contributed by atoms with Crippen LogP contribution in [0.1, 0.15) is 30.1 Å². The number of ether oxygens (including phenoxy) is 2. The van der Waals surface area contributed by atoms with Gasteiger partial charge in [0.15, 0.2) is 6.61 Å². The molecule has 1 N–H and O–H groups in total. The zero-order valence-corrected chi connectivity index (χ0v) is 21.5. The summed E-state index contributed by atoms with van der Waals surface area (Å²) in [4.78, 5) is 63.1. The van der Waals surface area contributed by atoms with Crippen molar-refractivity contribution in [2.45, 2.75) is 29.4 Å². The molecule has 1 aliphatic heterocycles. The van der Waals surface area contributed by atoms with E-state index in [1.54, 1.807) is 0 Å². The van der Waals surface area contributed by atoms with Crippen LogP contribution in [0.15, 0.2) is 24.3 Å². The predicted octanol–water partition coefficient (Wildman–Crippen LogP) is 2.51. The molecule has 0 radical (unpaired) electrons. The second-order valence-electron chi connectivity index (χ2n) is 8.69. The van der Waals surface area contributed by atoms with E-state index in [1.165, 1.54) is 24.3 Å². The average Bonchev–Trinajstić information content (AvgIpc) is 3.43. The van der Waals surface area contributed by atoms with Crippen LogP contribution in [-0.2, 0) is 28.7 Å².